The van der Waals surface area contributed by atoms with Crippen LogP contribution in [0.2, 0.25) is 0 Å². The highest BCUT2D eigenvalue weighted by atomic mass is 16.5. The number of piperazine rings is 1. The van der Waals surface area contributed by atoms with Crippen molar-refractivity contribution < 1.29 is 19.0 Å². The molecule has 26 heavy (non-hydrogen) atoms. The van der Waals surface area contributed by atoms with Crippen molar-refractivity contribution in [2.24, 2.45) is 0 Å². The van der Waals surface area contributed by atoms with Crippen LogP contribution in [-0.2, 0) is 16.0 Å². The SMILES string of the molecule is COc1ccc(CCC(=O)N2CCN(C)C3(CCOCC3)C2)cc1OC. The molecule has 0 bridgehead atoms. The monoisotopic (exact) mass is 362 g/mol. The van der Waals surface area contributed by atoms with Crippen LogP contribution in [0.4, 0.5) is 0 Å². The van der Waals surface area contributed by atoms with E-state index in [-0.39, 0.29) is 11.4 Å². The van der Waals surface area contributed by atoms with Crippen molar-refractivity contribution in [1.29, 1.82) is 0 Å². The molecule has 0 radical (unpaired) electrons. The zero-order chi connectivity index (χ0) is 18.6. The smallest absolute Gasteiger partial charge is 0.223 e. The van der Waals surface area contributed by atoms with Crippen LogP contribution in [0.1, 0.15) is 24.8 Å². The Labute approximate surface area is 156 Å². The van der Waals surface area contributed by atoms with E-state index in [1.54, 1.807) is 14.2 Å². The zero-order valence-electron chi connectivity index (χ0n) is 16.1. The molecule has 2 fully saturated rings. The number of benzene rings is 1. The largest absolute Gasteiger partial charge is 0.493 e. The minimum atomic E-state index is 0.0928. The van der Waals surface area contributed by atoms with E-state index in [1.807, 2.05) is 23.1 Å². The minimum absolute atomic E-state index is 0.0928. The average molecular weight is 362 g/mol. The summed E-state index contributed by atoms with van der Waals surface area (Å²) in [5.74, 6) is 1.65. The highest BCUT2D eigenvalue weighted by Gasteiger charge is 2.41. The first kappa shape index (κ1) is 19.0. The fraction of sp³-hybridized carbons (Fsp3) is 0.650. The highest BCUT2D eigenvalue weighted by molar-refractivity contribution is 5.76. The molecule has 0 N–H and O–H groups in total. The van der Waals surface area contributed by atoms with Gasteiger partial charge >= 0.3 is 0 Å². The minimum Gasteiger partial charge on any atom is -0.493 e. The molecule has 0 saturated carbocycles. The summed E-state index contributed by atoms with van der Waals surface area (Å²) in [6, 6.07) is 5.85. The maximum Gasteiger partial charge on any atom is 0.223 e. The number of likely N-dealkylation sites (N-methyl/N-ethyl adjacent to an activating group) is 1. The first-order valence-electron chi connectivity index (χ1n) is 9.36. The number of carbonyl (C=O) groups is 1. The van der Waals surface area contributed by atoms with Crippen molar-refractivity contribution >= 4 is 5.91 Å². The van der Waals surface area contributed by atoms with Crippen LogP contribution in [0.5, 0.6) is 11.5 Å². The molecule has 6 nitrogen and oxygen atoms in total. The Bertz CT molecular complexity index is 628. The Morgan fingerprint density at radius 2 is 1.88 bits per heavy atom. The van der Waals surface area contributed by atoms with Gasteiger partial charge in [-0.25, -0.2) is 0 Å². The Kier molecular flexibility index (Phi) is 6.04. The quantitative estimate of drug-likeness (QED) is 0.801. The van der Waals surface area contributed by atoms with Gasteiger partial charge in [0, 0.05) is 44.8 Å². The van der Waals surface area contributed by atoms with E-state index in [9.17, 15) is 4.79 Å². The van der Waals surface area contributed by atoms with E-state index >= 15 is 0 Å². The first-order chi connectivity index (χ1) is 12.6. The number of ether oxygens (including phenoxy) is 3. The topological polar surface area (TPSA) is 51.2 Å². The number of hydrogen-bond acceptors (Lipinski definition) is 5. The predicted molar refractivity (Wildman–Crippen MR) is 99.9 cm³/mol. The molecule has 1 aromatic carbocycles. The second-order valence-electron chi connectivity index (χ2n) is 7.26. The van der Waals surface area contributed by atoms with Gasteiger partial charge in [0.25, 0.3) is 0 Å². The van der Waals surface area contributed by atoms with Gasteiger partial charge in [-0.1, -0.05) is 6.07 Å². The van der Waals surface area contributed by atoms with Gasteiger partial charge in [0.2, 0.25) is 5.91 Å². The zero-order valence-corrected chi connectivity index (χ0v) is 16.1. The van der Waals surface area contributed by atoms with Gasteiger partial charge in [0.15, 0.2) is 11.5 Å². The summed E-state index contributed by atoms with van der Waals surface area (Å²) in [7, 11) is 5.43. The van der Waals surface area contributed by atoms with Gasteiger partial charge in [0.05, 0.1) is 14.2 Å². The number of rotatable bonds is 5. The van der Waals surface area contributed by atoms with Gasteiger partial charge in [-0.15, -0.1) is 0 Å². The summed E-state index contributed by atoms with van der Waals surface area (Å²) in [5, 5.41) is 0. The molecule has 2 aliphatic rings. The van der Waals surface area contributed by atoms with Crippen molar-refractivity contribution in [2.75, 3.05) is 54.1 Å². The number of hydrogen-bond donors (Lipinski definition) is 0. The Morgan fingerprint density at radius 1 is 1.15 bits per heavy atom. The lowest BCUT2D eigenvalue weighted by molar-refractivity contribution is -0.139. The molecular formula is C20H30N2O4. The Morgan fingerprint density at radius 3 is 2.58 bits per heavy atom. The van der Waals surface area contributed by atoms with Gasteiger partial charge in [-0.2, -0.15) is 0 Å². The number of nitrogens with zero attached hydrogens (tertiary/aromatic N) is 2. The van der Waals surface area contributed by atoms with Crippen LogP contribution in [0.25, 0.3) is 0 Å². The summed E-state index contributed by atoms with van der Waals surface area (Å²) in [6.07, 6.45) is 3.24. The van der Waals surface area contributed by atoms with Crippen molar-refractivity contribution in [3.63, 3.8) is 0 Å². The molecule has 2 aliphatic heterocycles. The van der Waals surface area contributed by atoms with Crippen LogP contribution in [0.15, 0.2) is 18.2 Å². The molecule has 1 spiro atoms. The van der Waals surface area contributed by atoms with Crippen LogP contribution in [0, 0.1) is 0 Å². The van der Waals surface area contributed by atoms with E-state index in [0.717, 1.165) is 51.3 Å². The van der Waals surface area contributed by atoms with E-state index in [4.69, 9.17) is 14.2 Å². The molecular weight excluding hydrogens is 332 g/mol. The van der Waals surface area contributed by atoms with E-state index < -0.39 is 0 Å². The molecule has 1 aromatic rings. The molecule has 2 heterocycles. The number of amides is 1. The second-order valence-corrected chi connectivity index (χ2v) is 7.26. The summed E-state index contributed by atoms with van der Waals surface area (Å²) in [6.45, 7) is 4.14. The lowest BCUT2D eigenvalue weighted by Gasteiger charge is -2.51. The fourth-order valence-corrected chi connectivity index (χ4v) is 4.01. The average Bonchev–Trinajstić information content (AvgIpc) is 2.68. The molecule has 144 valence electrons. The van der Waals surface area contributed by atoms with Crippen molar-refractivity contribution in [2.45, 2.75) is 31.2 Å². The summed E-state index contributed by atoms with van der Waals surface area (Å²) in [5.41, 5.74) is 1.18. The van der Waals surface area contributed by atoms with Crippen molar-refractivity contribution in [3.8, 4) is 11.5 Å². The molecule has 3 rings (SSSR count). The summed E-state index contributed by atoms with van der Waals surface area (Å²) in [4.78, 5) is 17.3. The molecule has 0 unspecified atom stereocenters. The van der Waals surface area contributed by atoms with Crippen molar-refractivity contribution in [1.82, 2.24) is 9.80 Å². The van der Waals surface area contributed by atoms with E-state index in [2.05, 4.69) is 11.9 Å². The molecule has 0 aliphatic carbocycles. The predicted octanol–water partition coefficient (Wildman–Crippen LogP) is 1.96. The van der Waals surface area contributed by atoms with Crippen molar-refractivity contribution in [3.05, 3.63) is 23.8 Å². The maximum atomic E-state index is 12.8. The number of aryl methyl sites for hydroxylation is 1. The number of methoxy groups -OCH3 is 2. The molecule has 0 atom stereocenters. The van der Waals surface area contributed by atoms with Gasteiger partial charge < -0.3 is 19.1 Å². The molecule has 6 heteroatoms. The normalized spacial score (nSPS) is 20.2. The Hall–Kier alpha value is -1.79. The maximum absolute atomic E-state index is 12.8. The standard InChI is InChI=1S/C20H30N2O4/c1-21-10-11-22(15-20(21)8-12-26-13-9-20)19(23)7-5-16-4-6-17(24-2)18(14-16)25-3/h4,6,14H,5,7-13,15H2,1-3H3. The first-order valence-corrected chi connectivity index (χ1v) is 9.36. The second kappa shape index (κ2) is 8.27. The molecule has 2 saturated heterocycles. The summed E-state index contributed by atoms with van der Waals surface area (Å²) >= 11 is 0. The lowest BCUT2D eigenvalue weighted by Crippen LogP contribution is -2.63. The lowest BCUT2D eigenvalue weighted by atomic mass is 9.86. The van der Waals surface area contributed by atoms with Crippen LogP contribution in [-0.4, -0.2) is 75.4 Å². The fourth-order valence-electron chi connectivity index (χ4n) is 4.01. The van der Waals surface area contributed by atoms with Gasteiger partial charge in [-0.3, -0.25) is 9.69 Å². The Balaban J connectivity index is 1.59. The number of carbonyl (C=O) groups excluding carboxylic acids is 1. The van der Waals surface area contributed by atoms with Gasteiger partial charge in [0.1, 0.15) is 0 Å². The summed E-state index contributed by atoms with van der Waals surface area (Å²) < 4.78 is 16.2. The molecule has 0 aromatic heterocycles. The van der Waals surface area contributed by atoms with Crippen LogP contribution >= 0.6 is 0 Å². The third-order valence-corrected chi connectivity index (χ3v) is 5.85. The van der Waals surface area contributed by atoms with E-state index in [1.165, 1.54) is 0 Å². The third kappa shape index (κ3) is 3.96. The van der Waals surface area contributed by atoms with Crippen LogP contribution in [0.3, 0.4) is 0 Å². The van der Waals surface area contributed by atoms with E-state index in [0.29, 0.717) is 24.3 Å². The highest BCUT2D eigenvalue weighted by Crippen LogP contribution is 2.31. The molecule has 1 amide bonds. The van der Waals surface area contributed by atoms with Crippen LogP contribution < -0.4 is 9.47 Å². The van der Waals surface area contributed by atoms with Gasteiger partial charge in [-0.05, 0) is 44.0 Å². The third-order valence-electron chi connectivity index (χ3n) is 5.85.